The Bertz CT molecular complexity index is 633. The number of rotatable bonds is 6. The molecule has 1 aliphatic rings. The van der Waals surface area contributed by atoms with Crippen LogP contribution in [0.3, 0.4) is 0 Å². The molecule has 0 unspecified atom stereocenters. The quantitative estimate of drug-likeness (QED) is 0.805. The maximum atomic E-state index is 13.4. The van der Waals surface area contributed by atoms with Crippen molar-refractivity contribution in [2.75, 3.05) is 13.1 Å². The van der Waals surface area contributed by atoms with E-state index >= 15 is 0 Å². The lowest BCUT2D eigenvalue weighted by Crippen LogP contribution is -2.34. The van der Waals surface area contributed by atoms with Gasteiger partial charge in [-0.2, -0.15) is 4.31 Å². The van der Waals surface area contributed by atoms with Crippen molar-refractivity contribution in [2.24, 2.45) is 11.7 Å². The summed E-state index contributed by atoms with van der Waals surface area (Å²) in [6.07, 6.45) is 7.25. The predicted octanol–water partition coefficient (Wildman–Crippen LogP) is 1.32. The van der Waals surface area contributed by atoms with Crippen molar-refractivity contribution in [1.82, 2.24) is 4.31 Å². The number of sulfonamides is 1. The van der Waals surface area contributed by atoms with Crippen LogP contribution in [0.15, 0.2) is 23.1 Å². The minimum atomic E-state index is -3.81. The summed E-state index contributed by atoms with van der Waals surface area (Å²) in [7, 11) is -3.81. The van der Waals surface area contributed by atoms with E-state index in [1.807, 2.05) is 0 Å². The summed E-state index contributed by atoms with van der Waals surface area (Å²) in [5.74, 6) is 2.10. The van der Waals surface area contributed by atoms with E-state index in [0.717, 1.165) is 18.9 Å². The Morgan fingerprint density at radius 2 is 2.15 bits per heavy atom. The van der Waals surface area contributed by atoms with E-state index in [9.17, 15) is 12.8 Å². The third-order valence-electron chi connectivity index (χ3n) is 3.29. The van der Waals surface area contributed by atoms with Gasteiger partial charge in [0.2, 0.25) is 10.0 Å². The Morgan fingerprint density at radius 1 is 1.45 bits per heavy atom. The number of nitrogens with zero attached hydrogens (tertiary/aromatic N) is 1. The molecule has 1 fully saturated rings. The average Bonchev–Trinajstić information content (AvgIpc) is 3.22. The SMILES string of the molecule is C#CCN(CC1CC1)S(=O)(=O)c1cc(F)ccc1CN. The highest BCUT2D eigenvalue weighted by Gasteiger charge is 2.32. The Hall–Kier alpha value is -1.42. The van der Waals surface area contributed by atoms with Gasteiger partial charge in [-0.1, -0.05) is 12.0 Å². The highest BCUT2D eigenvalue weighted by molar-refractivity contribution is 7.89. The molecule has 0 saturated heterocycles. The molecule has 20 heavy (non-hydrogen) atoms. The molecule has 4 nitrogen and oxygen atoms in total. The summed E-state index contributed by atoms with van der Waals surface area (Å²) in [6, 6.07) is 3.61. The minimum absolute atomic E-state index is 0.0145. The molecule has 0 radical (unpaired) electrons. The maximum absolute atomic E-state index is 13.4. The fourth-order valence-electron chi connectivity index (χ4n) is 2.01. The standard InChI is InChI=1S/C14H17FN2O2S/c1-2-7-17(10-11-3-4-11)20(18,19)14-8-13(15)6-5-12(14)9-16/h1,5-6,8,11H,3-4,7,9-10,16H2. The molecule has 1 aromatic carbocycles. The van der Waals surface area contributed by atoms with Crippen molar-refractivity contribution < 1.29 is 12.8 Å². The molecule has 2 rings (SSSR count). The predicted molar refractivity (Wildman–Crippen MR) is 74.6 cm³/mol. The molecule has 0 aromatic heterocycles. The molecule has 0 heterocycles. The molecular formula is C14H17FN2O2S. The van der Waals surface area contributed by atoms with Gasteiger partial charge in [-0.25, -0.2) is 12.8 Å². The molecule has 2 N–H and O–H groups in total. The average molecular weight is 296 g/mol. The van der Waals surface area contributed by atoms with Gasteiger partial charge in [0.05, 0.1) is 11.4 Å². The molecule has 108 valence electrons. The molecule has 1 aliphatic carbocycles. The van der Waals surface area contributed by atoms with Crippen LogP contribution in [0.1, 0.15) is 18.4 Å². The van der Waals surface area contributed by atoms with Crippen LogP contribution < -0.4 is 5.73 Å². The normalized spacial score (nSPS) is 15.3. The van der Waals surface area contributed by atoms with Crippen LogP contribution in [-0.2, 0) is 16.6 Å². The van der Waals surface area contributed by atoms with Gasteiger partial charge in [0.1, 0.15) is 5.82 Å². The first-order valence-electron chi connectivity index (χ1n) is 6.41. The van der Waals surface area contributed by atoms with Crippen LogP contribution in [0.4, 0.5) is 4.39 Å². The number of nitrogens with two attached hydrogens (primary N) is 1. The summed E-state index contributed by atoms with van der Waals surface area (Å²) < 4.78 is 39.9. The van der Waals surface area contributed by atoms with E-state index in [-0.39, 0.29) is 18.0 Å². The van der Waals surface area contributed by atoms with E-state index in [2.05, 4.69) is 5.92 Å². The van der Waals surface area contributed by atoms with Crippen LogP contribution in [0, 0.1) is 24.1 Å². The number of hydrogen-bond donors (Lipinski definition) is 1. The van der Waals surface area contributed by atoms with Gasteiger partial charge < -0.3 is 5.73 Å². The van der Waals surface area contributed by atoms with Gasteiger partial charge >= 0.3 is 0 Å². The van der Waals surface area contributed by atoms with E-state index in [1.54, 1.807) is 0 Å². The third-order valence-corrected chi connectivity index (χ3v) is 5.19. The largest absolute Gasteiger partial charge is 0.326 e. The van der Waals surface area contributed by atoms with E-state index in [4.69, 9.17) is 12.2 Å². The summed E-state index contributed by atoms with van der Waals surface area (Å²) in [5, 5.41) is 0. The Balaban J connectivity index is 2.40. The molecule has 0 aliphatic heterocycles. The monoisotopic (exact) mass is 296 g/mol. The molecule has 1 aromatic rings. The second kappa shape index (κ2) is 5.92. The van der Waals surface area contributed by atoms with Crippen molar-refractivity contribution in [3.63, 3.8) is 0 Å². The summed E-state index contributed by atoms with van der Waals surface area (Å²) in [4.78, 5) is -0.0871. The van der Waals surface area contributed by atoms with E-state index < -0.39 is 15.8 Å². The van der Waals surface area contributed by atoms with Crippen LogP contribution >= 0.6 is 0 Å². The van der Waals surface area contributed by atoms with Crippen molar-refractivity contribution in [1.29, 1.82) is 0 Å². The maximum Gasteiger partial charge on any atom is 0.244 e. The van der Waals surface area contributed by atoms with Gasteiger partial charge in [-0.15, -0.1) is 6.42 Å². The van der Waals surface area contributed by atoms with Crippen molar-refractivity contribution in [3.8, 4) is 12.3 Å². The minimum Gasteiger partial charge on any atom is -0.326 e. The van der Waals surface area contributed by atoms with Gasteiger partial charge in [0.15, 0.2) is 0 Å². The molecule has 6 heteroatoms. The lowest BCUT2D eigenvalue weighted by molar-refractivity contribution is 0.429. The van der Waals surface area contributed by atoms with Crippen LogP contribution in [-0.4, -0.2) is 25.8 Å². The second-order valence-corrected chi connectivity index (χ2v) is 6.81. The van der Waals surface area contributed by atoms with Crippen LogP contribution in [0.5, 0.6) is 0 Å². The molecule has 0 spiro atoms. The Morgan fingerprint density at radius 3 is 2.70 bits per heavy atom. The third kappa shape index (κ3) is 3.18. The van der Waals surface area contributed by atoms with E-state index in [0.29, 0.717) is 18.0 Å². The summed E-state index contributed by atoms with van der Waals surface area (Å²) in [5.41, 5.74) is 5.93. The van der Waals surface area contributed by atoms with Gasteiger partial charge in [-0.3, -0.25) is 0 Å². The highest BCUT2D eigenvalue weighted by Crippen LogP contribution is 2.32. The molecule has 0 bridgehead atoms. The van der Waals surface area contributed by atoms with Crippen molar-refractivity contribution >= 4 is 10.0 Å². The Labute approximate surface area is 118 Å². The van der Waals surface area contributed by atoms with Gasteiger partial charge in [0, 0.05) is 13.1 Å². The zero-order chi connectivity index (χ0) is 14.8. The number of hydrogen-bond acceptors (Lipinski definition) is 3. The smallest absolute Gasteiger partial charge is 0.244 e. The van der Waals surface area contributed by atoms with Crippen LogP contribution in [0.2, 0.25) is 0 Å². The zero-order valence-corrected chi connectivity index (χ0v) is 11.9. The first-order valence-corrected chi connectivity index (χ1v) is 7.85. The van der Waals surface area contributed by atoms with E-state index in [1.165, 1.54) is 16.4 Å². The number of terminal acetylenes is 1. The van der Waals surface area contributed by atoms with Crippen LogP contribution in [0.25, 0.3) is 0 Å². The Kier molecular flexibility index (Phi) is 4.43. The topological polar surface area (TPSA) is 63.4 Å². The second-order valence-electron chi connectivity index (χ2n) is 4.90. The lowest BCUT2D eigenvalue weighted by atomic mass is 10.2. The van der Waals surface area contributed by atoms with Crippen molar-refractivity contribution in [3.05, 3.63) is 29.6 Å². The van der Waals surface area contributed by atoms with Gasteiger partial charge in [0.25, 0.3) is 0 Å². The summed E-state index contributed by atoms with van der Waals surface area (Å²) in [6.45, 7) is 0.397. The highest BCUT2D eigenvalue weighted by atomic mass is 32.2. The van der Waals surface area contributed by atoms with Crippen molar-refractivity contribution in [2.45, 2.75) is 24.3 Å². The number of benzene rings is 1. The molecule has 0 atom stereocenters. The first-order chi connectivity index (χ1) is 9.48. The molecule has 0 amide bonds. The summed E-state index contributed by atoms with van der Waals surface area (Å²) >= 11 is 0. The lowest BCUT2D eigenvalue weighted by Gasteiger charge is -2.21. The first kappa shape index (κ1) is 15.0. The fraction of sp³-hybridized carbons (Fsp3) is 0.429. The van der Waals surface area contributed by atoms with Gasteiger partial charge in [-0.05, 0) is 36.5 Å². The zero-order valence-electron chi connectivity index (χ0n) is 11.0. The molecule has 1 saturated carbocycles. The molecular weight excluding hydrogens is 279 g/mol. The fourth-order valence-corrected chi connectivity index (χ4v) is 3.69. The number of halogens is 1.